The van der Waals surface area contributed by atoms with Crippen LogP contribution < -0.4 is 10.1 Å². The second-order valence-electron chi connectivity index (χ2n) is 8.90. The molecule has 3 unspecified atom stereocenters. The smallest absolute Gasteiger partial charge is 0.258 e. The summed E-state index contributed by atoms with van der Waals surface area (Å²) in [5.41, 5.74) is 2.63. The average Bonchev–Trinajstić information content (AvgIpc) is 3.25. The lowest BCUT2D eigenvalue weighted by atomic mass is 9.84. The first kappa shape index (κ1) is 23.3. The molecular weight excluding hydrogens is 416 g/mol. The lowest BCUT2D eigenvalue weighted by Crippen LogP contribution is -2.49. The molecule has 0 aromatic heterocycles. The number of amides is 2. The van der Waals surface area contributed by atoms with Crippen LogP contribution in [0, 0.1) is 5.92 Å². The van der Waals surface area contributed by atoms with Gasteiger partial charge in [-0.05, 0) is 55.4 Å². The van der Waals surface area contributed by atoms with E-state index in [0.717, 1.165) is 43.2 Å². The molecule has 0 bridgehead atoms. The van der Waals surface area contributed by atoms with Crippen molar-refractivity contribution in [3.05, 3.63) is 65.2 Å². The summed E-state index contributed by atoms with van der Waals surface area (Å²) < 4.78 is 11.0. The normalized spacial score (nSPS) is 22.0. The summed E-state index contributed by atoms with van der Waals surface area (Å²) in [6.07, 6.45) is 5.00. The predicted octanol–water partition coefficient (Wildman–Crippen LogP) is 4.32. The molecule has 1 saturated carbocycles. The van der Waals surface area contributed by atoms with Crippen molar-refractivity contribution < 1.29 is 19.1 Å². The molecule has 0 radical (unpaired) electrons. The summed E-state index contributed by atoms with van der Waals surface area (Å²) in [5.74, 6) is 0.724. The molecule has 176 valence electrons. The maximum Gasteiger partial charge on any atom is 0.258 e. The van der Waals surface area contributed by atoms with E-state index in [1.165, 1.54) is 0 Å². The molecule has 6 heteroatoms. The molecule has 2 aliphatic rings. The quantitative estimate of drug-likeness (QED) is 0.650. The number of rotatable bonds is 8. The van der Waals surface area contributed by atoms with Crippen LogP contribution in [0.2, 0.25) is 0 Å². The Bertz CT molecular complexity index is 976. The van der Waals surface area contributed by atoms with Gasteiger partial charge < -0.3 is 19.7 Å². The van der Waals surface area contributed by atoms with Crippen molar-refractivity contribution in [1.82, 2.24) is 10.2 Å². The third-order valence-corrected chi connectivity index (χ3v) is 7.00. The van der Waals surface area contributed by atoms with Crippen LogP contribution in [0.15, 0.2) is 48.5 Å². The minimum absolute atomic E-state index is 0.0844. The van der Waals surface area contributed by atoms with E-state index in [-0.39, 0.29) is 17.9 Å². The number of para-hydroxylation sites is 1. The maximum absolute atomic E-state index is 13.7. The fraction of sp³-hybridized carbons (Fsp3) is 0.481. The molecule has 2 aromatic carbocycles. The molecule has 1 N–H and O–H groups in total. The number of hydrogen-bond acceptors (Lipinski definition) is 4. The zero-order chi connectivity index (χ0) is 23.2. The first-order chi connectivity index (χ1) is 16.1. The molecule has 6 nitrogen and oxygen atoms in total. The minimum atomic E-state index is -0.463. The molecule has 2 aromatic rings. The van der Waals surface area contributed by atoms with Gasteiger partial charge >= 0.3 is 0 Å². The topological polar surface area (TPSA) is 67.9 Å². The summed E-state index contributed by atoms with van der Waals surface area (Å²) in [7, 11) is 1.57. The number of methoxy groups -OCH3 is 1. The zero-order valence-electron chi connectivity index (χ0n) is 19.6. The summed E-state index contributed by atoms with van der Waals surface area (Å²) in [6, 6.07) is 14.9. The first-order valence-corrected chi connectivity index (χ1v) is 12.0. The van der Waals surface area contributed by atoms with Gasteiger partial charge in [-0.3, -0.25) is 9.59 Å². The van der Waals surface area contributed by atoms with Gasteiger partial charge in [-0.2, -0.15) is 0 Å². The van der Waals surface area contributed by atoms with Gasteiger partial charge in [0.25, 0.3) is 5.91 Å². The molecule has 2 fully saturated rings. The Morgan fingerprint density at radius 3 is 2.55 bits per heavy atom. The number of benzene rings is 2. The Morgan fingerprint density at radius 2 is 1.76 bits per heavy atom. The number of likely N-dealkylation sites (tertiary alicyclic amines) is 1. The average molecular weight is 451 g/mol. The van der Waals surface area contributed by atoms with Gasteiger partial charge in [-0.1, -0.05) is 49.2 Å². The zero-order valence-corrected chi connectivity index (χ0v) is 19.6. The van der Waals surface area contributed by atoms with Gasteiger partial charge in [0.05, 0.1) is 19.3 Å². The minimum Gasteiger partial charge on any atom is -0.496 e. The van der Waals surface area contributed by atoms with Crippen LogP contribution >= 0.6 is 0 Å². The van der Waals surface area contributed by atoms with Crippen LogP contribution in [0.3, 0.4) is 0 Å². The highest BCUT2D eigenvalue weighted by Crippen LogP contribution is 2.41. The van der Waals surface area contributed by atoms with E-state index in [1.54, 1.807) is 19.2 Å². The van der Waals surface area contributed by atoms with Crippen molar-refractivity contribution in [2.24, 2.45) is 5.92 Å². The van der Waals surface area contributed by atoms with E-state index in [1.807, 2.05) is 48.2 Å². The molecular formula is C27H34N2O4. The Morgan fingerprint density at radius 1 is 1.03 bits per heavy atom. The second-order valence-corrected chi connectivity index (χ2v) is 8.90. The Labute approximate surface area is 196 Å². The number of carbonyl (C=O) groups is 2. The molecule has 1 heterocycles. The van der Waals surface area contributed by atoms with Crippen molar-refractivity contribution in [3.63, 3.8) is 0 Å². The third kappa shape index (κ3) is 5.06. The van der Waals surface area contributed by atoms with E-state index < -0.39 is 6.04 Å². The maximum atomic E-state index is 13.7. The summed E-state index contributed by atoms with van der Waals surface area (Å²) in [4.78, 5) is 29.0. The van der Waals surface area contributed by atoms with E-state index in [9.17, 15) is 9.59 Å². The molecule has 4 rings (SSSR count). The highest BCUT2D eigenvalue weighted by Gasteiger charge is 2.47. The van der Waals surface area contributed by atoms with Crippen molar-refractivity contribution in [1.29, 1.82) is 0 Å². The SMILES string of the molecule is CCOCc1ccccc1CNC(=O)C1CC2CCCCC2N1C(=O)c1ccccc1OC. The fourth-order valence-electron chi connectivity index (χ4n) is 5.33. The largest absolute Gasteiger partial charge is 0.496 e. The Hall–Kier alpha value is -2.86. The Kier molecular flexibility index (Phi) is 7.65. The van der Waals surface area contributed by atoms with Crippen molar-refractivity contribution in [2.45, 2.75) is 64.3 Å². The first-order valence-electron chi connectivity index (χ1n) is 12.0. The van der Waals surface area contributed by atoms with Gasteiger partial charge in [-0.25, -0.2) is 0 Å². The standard InChI is InChI=1S/C27H34N2O4/c1-3-33-18-21-12-5-4-11-20(21)17-28-26(30)24-16-19-10-6-8-14-23(19)29(24)27(31)22-13-7-9-15-25(22)32-2/h4-5,7,9,11-13,15,19,23-24H,3,6,8,10,14,16-18H2,1-2H3,(H,28,30). The molecule has 33 heavy (non-hydrogen) atoms. The number of nitrogens with one attached hydrogen (secondary N) is 1. The fourth-order valence-corrected chi connectivity index (χ4v) is 5.33. The van der Waals surface area contributed by atoms with E-state index in [0.29, 0.717) is 37.0 Å². The van der Waals surface area contributed by atoms with Crippen LogP contribution in [0.5, 0.6) is 5.75 Å². The lowest BCUT2D eigenvalue weighted by molar-refractivity contribution is -0.125. The van der Waals surface area contributed by atoms with Gasteiger partial charge in [0.2, 0.25) is 5.91 Å². The van der Waals surface area contributed by atoms with E-state index >= 15 is 0 Å². The van der Waals surface area contributed by atoms with Crippen LogP contribution in [0.25, 0.3) is 0 Å². The number of nitrogens with zero attached hydrogens (tertiary/aromatic N) is 1. The molecule has 0 spiro atoms. The van der Waals surface area contributed by atoms with Gasteiger partial charge in [-0.15, -0.1) is 0 Å². The summed E-state index contributed by atoms with van der Waals surface area (Å²) in [6.45, 7) is 3.56. The van der Waals surface area contributed by atoms with Crippen molar-refractivity contribution in [2.75, 3.05) is 13.7 Å². The molecule has 1 aliphatic carbocycles. The summed E-state index contributed by atoms with van der Waals surface area (Å²) >= 11 is 0. The van der Waals surface area contributed by atoms with Crippen LogP contribution in [0.1, 0.15) is 60.5 Å². The number of fused-ring (bicyclic) bond motifs is 1. The van der Waals surface area contributed by atoms with Crippen LogP contribution in [-0.2, 0) is 22.7 Å². The third-order valence-electron chi connectivity index (χ3n) is 7.00. The predicted molar refractivity (Wildman–Crippen MR) is 127 cm³/mol. The Balaban J connectivity index is 1.54. The lowest BCUT2D eigenvalue weighted by Gasteiger charge is -2.34. The monoisotopic (exact) mass is 450 g/mol. The van der Waals surface area contributed by atoms with Gasteiger partial charge in [0.1, 0.15) is 11.8 Å². The highest BCUT2D eigenvalue weighted by molar-refractivity contribution is 6.00. The van der Waals surface area contributed by atoms with Crippen LogP contribution in [-0.4, -0.2) is 42.5 Å². The molecule has 1 aliphatic heterocycles. The van der Waals surface area contributed by atoms with Gasteiger partial charge in [0, 0.05) is 19.2 Å². The number of ether oxygens (including phenoxy) is 2. The van der Waals surface area contributed by atoms with Crippen molar-refractivity contribution >= 4 is 11.8 Å². The molecule has 2 amide bonds. The van der Waals surface area contributed by atoms with E-state index in [2.05, 4.69) is 5.32 Å². The molecule has 3 atom stereocenters. The number of carbonyl (C=O) groups excluding carboxylic acids is 2. The molecule has 1 saturated heterocycles. The number of hydrogen-bond donors (Lipinski definition) is 1. The van der Waals surface area contributed by atoms with E-state index in [4.69, 9.17) is 9.47 Å². The second kappa shape index (κ2) is 10.8. The highest BCUT2D eigenvalue weighted by atomic mass is 16.5. The van der Waals surface area contributed by atoms with Crippen molar-refractivity contribution in [3.8, 4) is 5.75 Å². The van der Waals surface area contributed by atoms with Gasteiger partial charge in [0.15, 0.2) is 0 Å². The summed E-state index contributed by atoms with van der Waals surface area (Å²) in [5, 5.41) is 3.11. The van der Waals surface area contributed by atoms with Crippen LogP contribution in [0.4, 0.5) is 0 Å².